The van der Waals surface area contributed by atoms with E-state index in [4.69, 9.17) is 5.11 Å². The average molecular weight is 314 g/mol. The Bertz CT molecular complexity index is 627. The minimum Gasteiger partial charge on any atom is -0.480 e. The minimum atomic E-state index is -3.44. The van der Waals surface area contributed by atoms with E-state index in [0.717, 1.165) is 0 Å². The maximum absolute atomic E-state index is 11.9. The molecule has 0 unspecified atom stereocenters. The molecule has 7 nitrogen and oxygen atoms in total. The molecule has 116 valence electrons. The largest absolute Gasteiger partial charge is 0.480 e. The van der Waals surface area contributed by atoms with Gasteiger partial charge in [-0.3, -0.25) is 14.3 Å². The Morgan fingerprint density at radius 3 is 2.57 bits per heavy atom. The highest BCUT2D eigenvalue weighted by Gasteiger charge is 2.16. The van der Waals surface area contributed by atoms with Crippen LogP contribution in [0.4, 0.5) is 5.69 Å². The average Bonchev–Trinajstić information content (AvgIpc) is 2.37. The van der Waals surface area contributed by atoms with Crippen LogP contribution < -0.4 is 10.0 Å². The van der Waals surface area contributed by atoms with Crippen molar-refractivity contribution in [3.8, 4) is 0 Å². The minimum absolute atomic E-state index is 0.0144. The summed E-state index contributed by atoms with van der Waals surface area (Å²) in [6, 6.07) is 4.84. The van der Waals surface area contributed by atoms with E-state index in [2.05, 4.69) is 10.0 Å². The zero-order valence-corrected chi connectivity index (χ0v) is 12.6. The smallest absolute Gasteiger partial charge is 0.325 e. The molecule has 1 aromatic carbocycles. The maximum atomic E-state index is 11.9. The number of carboxylic acids is 1. The number of nitrogens with one attached hydrogen (secondary N) is 2. The molecule has 21 heavy (non-hydrogen) atoms. The highest BCUT2D eigenvalue weighted by molar-refractivity contribution is 7.92. The summed E-state index contributed by atoms with van der Waals surface area (Å²) in [5, 5.41) is 11.0. The predicted molar refractivity (Wildman–Crippen MR) is 78.7 cm³/mol. The van der Waals surface area contributed by atoms with E-state index >= 15 is 0 Å². The molecule has 0 spiro atoms. The fourth-order valence-electron chi connectivity index (χ4n) is 1.56. The third-order valence-corrected chi connectivity index (χ3v) is 4.08. The van der Waals surface area contributed by atoms with Crippen LogP contribution in [0.25, 0.3) is 0 Å². The van der Waals surface area contributed by atoms with Crippen LogP contribution in [-0.4, -0.2) is 37.2 Å². The van der Waals surface area contributed by atoms with Gasteiger partial charge in [0.1, 0.15) is 6.04 Å². The summed E-state index contributed by atoms with van der Waals surface area (Å²) in [7, 11) is -3.44. The van der Waals surface area contributed by atoms with Crippen molar-refractivity contribution in [3.63, 3.8) is 0 Å². The summed E-state index contributed by atoms with van der Waals surface area (Å²) in [5.74, 6) is -1.75. The fourth-order valence-corrected chi connectivity index (χ4v) is 2.69. The molecule has 8 heteroatoms. The molecule has 3 N–H and O–H groups in total. The molecule has 0 saturated carbocycles. The van der Waals surface area contributed by atoms with Crippen molar-refractivity contribution in [2.24, 2.45) is 0 Å². The molecule has 0 aromatic heterocycles. The summed E-state index contributed by atoms with van der Waals surface area (Å²) in [6.07, 6.45) is 0.478. The summed E-state index contributed by atoms with van der Waals surface area (Å²) < 4.78 is 25.7. The van der Waals surface area contributed by atoms with Gasteiger partial charge < -0.3 is 10.4 Å². The van der Waals surface area contributed by atoms with Gasteiger partial charge in [-0.1, -0.05) is 13.0 Å². The molecule has 1 atom stereocenters. The van der Waals surface area contributed by atoms with Gasteiger partial charge in [-0.05, 0) is 31.5 Å². The number of hydrogen-bond donors (Lipinski definition) is 3. The first-order chi connectivity index (χ1) is 9.75. The van der Waals surface area contributed by atoms with Crippen molar-refractivity contribution in [2.45, 2.75) is 26.3 Å². The molecular formula is C13H18N2O5S. The van der Waals surface area contributed by atoms with Crippen molar-refractivity contribution in [2.75, 3.05) is 10.5 Å². The van der Waals surface area contributed by atoms with Gasteiger partial charge in [0.15, 0.2) is 0 Å². The van der Waals surface area contributed by atoms with E-state index in [1.807, 2.05) is 0 Å². The highest BCUT2D eigenvalue weighted by Crippen LogP contribution is 2.13. The summed E-state index contributed by atoms with van der Waals surface area (Å²) >= 11 is 0. The van der Waals surface area contributed by atoms with Crippen LogP contribution in [0, 0.1) is 0 Å². The number of carbonyl (C=O) groups is 2. The van der Waals surface area contributed by atoms with Crippen molar-refractivity contribution < 1.29 is 23.1 Å². The molecular weight excluding hydrogens is 296 g/mol. The number of carboxylic acid groups (broad SMARTS) is 1. The molecule has 1 aromatic rings. The second-order valence-electron chi connectivity index (χ2n) is 4.54. The lowest BCUT2D eigenvalue weighted by atomic mass is 10.2. The molecule has 0 aliphatic rings. The van der Waals surface area contributed by atoms with Crippen LogP contribution in [0.2, 0.25) is 0 Å². The number of hydrogen-bond acceptors (Lipinski definition) is 4. The third-order valence-electron chi connectivity index (χ3n) is 2.59. The van der Waals surface area contributed by atoms with Crippen LogP contribution >= 0.6 is 0 Å². The van der Waals surface area contributed by atoms with Gasteiger partial charge in [-0.15, -0.1) is 0 Å². The monoisotopic (exact) mass is 314 g/mol. The molecule has 0 saturated heterocycles. The molecule has 0 bridgehead atoms. The van der Waals surface area contributed by atoms with Gasteiger partial charge >= 0.3 is 5.97 Å². The Kier molecular flexibility index (Phi) is 5.71. The summed E-state index contributed by atoms with van der Waals surface area (Å²) in [5.41, 5.74) is 0.443. The molecule has 0 aliphatic carbocycles. The zero-order valence-electron chi connectivity index (χ0n) is 11.8. The van der Waals surface area contributed by atoms with Crippen molar-refractivity contribution in [1.82, 2.24) is 5.32 Å². The zero-order chi connectivity index (χ0) is 16.0. The number of rotatable bonds is 7. The summed E-state index contributed by atoms with van der Waals surface area (Å²) in [4.78, 5) is 22.5. The van der Waals surface area contributed by atoms with Crippen LogP contribution in [0.15, 0.2) is 24.3 Å². The van der Waals surface area contributed by atoms with E-state index in [1.54, 1.807) is 6.92 Å². The maximum Gasteiger partial charge on any atom is 0.325 e. The number of benzene rings is 1. The first-order valence-corrected chi connectivity index (χ1v) is 8.04. The second kappa shape index (κ2) is 7.07. The number of sulfonamides is 1. The van der Waals surface area contributed by atoms with Crippen molar-refractivity contribution in [1.29, 1.82) is 0 Å². The van der Waals surface area contributed by atoms with E-state index in [9.17, 15) is 18.0 Å². The fraction of sp³-hybridized carbons (Fsp3) is 0.385. The van der Waals surface area contributed by atoms with Crippen LogP contribution in [0.1, 0.15) is 30.6 Å². The van der Waals surface area contributed by atoms with Crippen molar-refractivity contribution >= 4 is 27.6 Å². The molecule has 1 rings (SSSR count). The molecule has 0 heterocycles. The number of aliphatic carboxylic acids is 1. The molecule has 1 amide bonds. The molecule has 0 fully saturated rings. The van der Waals surface area contributed by atoms with Gasteiger partial charge in [-0.25, -0.2) is 8.42 Å². The highest BCUT2D eigenvalue weighted by atomic mass is 32.2. The number of amides is 1. The lowest BCUT2D eigenvalue weighted by Gasteiger charge is -2.11. The predicted octanol–water partition coefficient (Wildman–Crippen LogP) is 1.04. The first kappa shape index (κ1) is 17.0. The Morgan fingerprint density at radius 2 is 2.00 bits per heavy atom. The van der Waals surface area contributed by atoms with Crippen LogP contribution in [-0.2, 0) is 14.8 Å². The van der Waals surface area contributed by atoms with Gasteiger partial charge in [0.25, 0.3) is 5.91 Å². The summed E-state index contributed by atoms with van der Waals surface area (Å²) in [6.45, 7) is 3.09. The Hall–Kier alpha value is -2.09. The van der Waals surface area contributed by atoms with E-state index in [1.165, 1.54) is 31.2 Å². The standard InChI is InChI=1S/C13H18N2O5S/c1-3-7-21(19,20)15-11-6-4-5-10(8-11)12(16)14-9(2)13(17)18/h4-6,8-9,15H,3,7H2,1-2H3,(H,14,16)(H,17,18)/t9-/m0/s1. The lowest BCUT2D eigenvalue weighted by Crippen LogP contribution is -2.38. The lowest BCUT2D eigenvalue weighted by molar-refractivity contribution is -0.138. The van der Waals surface area contributed by atoms with Gasteiger partial charge in [-0.2, -0.15) is 0 Å². The van der Waals surface area contributed by atoms with Crippen LogP contribution in [0.3, 0.4) is 0 Å². The SMILES string of the molecule is CCCS(=O)(=O)Nc1cccc(C(=O)N[C@@H](C)C(=O)O)c1. The number of carbonyl (C=O) groups excluding carboxylic acids is 1. The Balaban J connectivity index is 2.86. The second-order valence-corrected chi connectivity index (χ2v) is 6.38. The normalized spacial score (nSPS) is 12.5. The van der Waals surface area contributed by atoms with E-state index in [0.29, 0.717) is 6.42 Å². The van der Waals surface area contributed by atoms with E-state index < -0.39 is 27.9 Å². The Labute approximate surface area is 123 Å². The molecule has 0 radical (unpaired) electrons. The van der Waals surface area contributed by atoms with Crippen LogP contribution in [0.5, 0.6) is 0 Å². The van der Waals surface area contributed by atoms with Gasteiger partial charge in [0, 0.05) is 11.3 Å². The van der Waals surface area contributed by atoms with Gasteiger partial charge in [0.05, 0.1) is 5.75 Å². The van der Waals surface area contributed by atoms with Crippen molar-refractivity contribution in [3.05, 3.63) is 29.8 Å². The third kappa shape index (κ3) is 5.42. The van der Waals surface area contributed by atoms with Gasteiger partial charge in [0.2, 0.25) is 10.0 Å². The quantitative estimate of drug-likeness (QED) is 0.696. The Morgan fingerprint density at radius 1 is 1.33 bits per heavy atom. The molecule has 0 aliphatic heterocycles. The topological polar surface area (TPSA) is 113 Å². The first-order valence-electron chi connectivity index (χ1n) is 6.39. The van der Waals surface area contributed by atoms with E-state index in [-0.39, 0.29) is 17.0 Å². The number of anilines is 1.